The third kappa shape index (κ3) is 5.48. The molecule has 1 aromatic carbocycles. The molecule has 2 heterocycles. The molecule has 1 N–H and O–H groups in total. The van der Waals surface area contributed by atoms with Crippen LogP contribution < -0.4 is 10.1 Å². The lowest BCUT2D eigenvalue weighted by atomic mass is 9.92. The normalized spacial score (nSPS) is 24.2. The van der Waals surface area contributed by atoms with Crippen LogP contribution in [0.2, 0.25) is 0 Å². The summed E-state index contributed by atoms with van der Waals surface area (Å²) in [7, 11) is -2.30. The van der Waals surface area contributed by atoms with Gasteiger partial charge in [0.05, 0.1) is 26.9 Å². The van der Waals surface area contributed by atoms with E-state index in [0.717, 1.165) is 13.1 Å². The summed E-state index contributed by atoms with van der Waals surface area (Å²) < 4.78 is 38.0. The standard InChI is InChI=1S/C20H31N3O5S/c1-15-10-16(2)13-22(12-15)14-20(24)21-17-4-5-18(27-3)19(11-17)29(25,26)23-6-8-28-9-7-23/h4-5,11,15-16H,6-10,12-14H2,1-3H3,(H,21,24)/t15-,16+. The van der Waals surface area contributed by atoms with Gasteiger partial charge in [-0.15, -0.1) is 0 Å². The third-order valence-electron chi connectivity index (χ3n) is 5.35. The van der Waals surface area contributed by atoms with Crippen LogP contribution in [0.3, 0.4) is 0 Å². The molecule has 0 unspecified atom stereocenters. The lowest BCUT2D eigenvalue weighted by Crippen LogP contribution is -2.42. The van der Waals surface area contributed by atoms with Gasteiger partial charge in [0.1, 0.15) is 10.6 Å². The number of piperidine rings is 1. The summed E-state index contributed by atoms with van der Waals surface area (Å²) in [5.74, 6) is 1.25. The minimum atomic E-state index is -3.74. The van der Waals surface area contributed by atoms with Crippen molar-refractivity contribution < 1.29 is 22.7 Å². The summed E-state index contributed by atoms with van der Waals surface area (Å²) in [6.45, 7) is 7.83. The molecule has 0 radical (unpaired) electrons. The quantitative estimate of drug-likeness (QED) is 0.745. The summed E-state index contributed by atoms with van der Waals surface area (Å²) in [6.07, 6.45) is 1.18. The highest BCUT2D eigenvalue weighted by atomic mass is 32.2. The van der Waals surface area contributed by atoms with Crippen molar-refractivity contribution in [2.24, 2.45) is 11.8 Å². The first-order chi connectivity index (χ1) is 13.8. The molecule has 2 saturated heterocycles. The maximum atomic E-state index is 13.1. The Hall–Kier alpha value is -1.68. The highest BCUT2D eigenvalue weighted by Crippen LogP contribution is 2.30. The number of ether oxygens (including phenoxy) is 2. The zero-order valence-corrected chi connectivity index (χ0v) is 18.2. The molecule has 2 aliphatic rings. The van der Waals surface area contributed by atoms with E-state index in [2.05, 4.69) is 24.1 Å². The number of nitrogens with one attached hydrogen (secondary N) is 1. The molecule has 0 saturated carbocycles. The molecular formula is C20H31N3O5S. The number of benzene rings is 1. The number of hydrogen-bond acceptors (Lipinski definition) is 6. The van der Waals surface area contributed by atoms with E-state index in [1.807, 2.05) is 0 Å². The van der Waals surface area contributed by atoms with Crippen LogP contribution in [0, 0.1) is 11.8 Å². The van der Waals surface area contributed by atoms with E-state index in [4.69, 9.17) is 9.47 Å². The largest absolute Gasteiger partial charge is 0.495 e. The molecule has 2 fully saturated rings. The number of hydrogen-bond donors (Lipinski definition) is 1. The fraction of sp³-hybridized carbons (Fsp3) is 0.650. The number of likely N-dealkylation sites (tertiary alicyclic amines) is 1. The van der Waals surface area contributed by atoms with E-state index >= 15 is 0 Å². The van der Waals surface area contributed by atoms with Gasteiger partial charge in [0.15, 0.2) is 0 Å². The number of anilines is 1. The highest BCUT2D eigenvalue weighted by molar-refractivity contribution is 7.89. The Morgan fingerprint density at radius 3 is 2.48 bits per heavy atom. The number of nitrogens with zero attached hydrogens (tertiary/aromatic N) is 2. The topological polar surface area (TPSA) is 88.2 Å². The van der Waals surface area contributed by atoms with Crippen LogP contribution in [0.15, 0.2) is 23.1 Å². The van der Waals surface area contributed by atoms with Crippen LogP contribution in [0.1, 0.15) is 20.3 Å². The molecule has 8 nitrogen and oxygen atoms in total. The van der Waals surface area contributed by atoms with E-state index in [0.29, 0.717) is 50.4 Å². The summed E-state index contributed by atoms with van der Waals surface area (Å²) in [4.78, 5) is 14.8. The fourth-order valence-corrected chi connectivity index (χ4v) is 5.80. The second-order valence-electron chi connectivity index (χ2n) is 8.07. The molecule has 0 bridgehead atoms. The summed E-state index contributed by atoms with van der Waals surface area (Å²) in [5.41, 5.74) is 0.445. The van der Waals surface area contributed by atoms with Crippen molar-refractivity contribution in [1.82, 2.24) is 9.21 Å². The summed E-state index contributed by atoms with van der Waals surface area (Å²) >= 11 is 0. The van der Waals surface area contributed by atoms with Gasteiger partial charge in [0, 0.05) is 31.9 Å². The van der Waals surface area contributed by atoms with Gasteiger partial charge < -0.3 is 14.8 Å². The lowest BCUT2D eigenvalue weighted by molar-refractivity contribution is -0.117. The van der Waals surface area contributed by atoms with Gasteiger partial charge in [-0.25, -0.2) is 8.42 Å². The molecule has 9 heteroatoms. The second kappa shape index (κ2) is 9.42. The van der Waals surface area contributed by atoms with Crippen LogP contribution in [-0.4, -0.2) is 76.6 Å². The molecule has 1 amide bonds. The third-order valence-corrected chi connectivity index (χ3v) is 7.27. The average molecular weight is 426 g/mol. The van der Waals surface area contributed by atoms with Gasteiger partial charge in [-0.05, 0) is 36.5 Å². The predicted molar refractivity (Wildman–Crippen MR) is 111 cm³/mol. The first-order valence-corrected chi connectivity index (χ1v) is 11.5. The number of morpholine rings is 1. The van der Waals surface area contributed by atoms with E-state index in [1.54, 1.807) is 12.1 Å². The molecule has 1 aromatic rings. The van der Waals surface area contributed by atoms with Crippen molar-refractivity contribution in [3.05, 3.63) is 18.2 Å². The van der Waals surface area contributed by atoms with Crippen molar-refractivity contribution in [3.63, 3.8) is 0 Å². The zero-order chi connectivity index (χ0) is 21.0. The van der Waals surface area contributed by atoms with Crippen LogP contribution >= 0.6 is 0 Å². The highest BCUT2D eigenvalue weighted by Gasteiger charge is 2.30. The Morgan fingerprint density at radius 2 is 1.86 bits per heavy atom. The smallest absolute Gasteiger partial charge is 0.246 e. The van der Waals surface area contributed by atoms with Crippen LogP contribution in [0.25, 0.3) is 0 Å². The minimum Gasteiger partial charge on any atom is -0.495 e. The Bertz CT molecular complexity index is 813. The molecule has 29 heavy (non-hydrogen) atoms. The number of amides is 1. The fourth-order valence-electron chi connectivity index (χ4n) is 4.21. The maximum Gasteiger partial charge on any atom is 0.246 e. The van der Waals surface area contributed by atoms with Crippen molar-refractivity contribution in [2.45, 2.75) is 25.2 Å². The second-order valence-corrected chi connectivity index (χ2v) is 9.98. The van der Waals surface area contributed by atoms with Crippen molar-refractivity contribution in [2.75, 3.05) is 58.4 Å². The molecule has 2 atom stereocenters. The molecule has 3 rings (SSSR count). The molecular weight excluding hydrogens is 394 g/mol. The van der Waals surface area contributed by atoms with Gasteiger partial charge in [-0.1, -0.05) is 13.8 Å². The number of carbonyl (C=O) groups excluding carboxylic acids is 1. The maximum absolute atomic E-state index is 13.1. The summed E-state index contributed by atoms with van der Waals surface area (Å²) in [5, 5.41) is 2.84. The Kier molecular flexibility index (Phi) is 7.15. The van der Waals surface area contributed by atoms with Gasteiger partial charge in [0.2, 0.25) is 15.9 Å². The molecule has 0 spiro atoms. The molecule has 2 aliphatic heterocycles. The van der Waals surface area contributed by atoms with Crippen molar-refractivity contribution in [3.8, 4) is 5.75 Å². The van der Waals surface area contributed by atoms with Crippen LogP contribution in [0.4, 0.5) is 5.69 Å². The van der Waals surface area contributed by atoms with E-state index < -0.39 is 10.0 Å². The van der Waals surface area contributed by atoms with E-state index in [-0.39, 0.29) is 16.6 Å². The average Bonchev–Trinajstić information content (AvgIpc) is 2.67. The summed E-state index contributed by atoms with van der Waals surface area (Å²) in [6, 6.07) is 4.72. The number of methoxy groups -OCH3 is 1. The lowest BCUT2D eigenvalue weighted by Gasteiger charge is -2.34. The Morgan fingerprint density at radius 1 is 1.21 bits per heavy atom. The number of rotatable bonds is 6. The molecule has 0 aliphatic carbocycles. The monoisotopic (exact) mass is 425 g/mol. The van der Waals surface area contributed by atoms with E-state index in [9.17, 15) is 13.2 Å². The van der Waals surface area contributed by atoms with Crippen molar-refractivity contribution in [1.29, 1.82) is 0 Å². The Balaban J connectivity index is 1.73. The van der Waals surface area contributed by atoms with Gasteiger partial charge in [-0.3, -0.25) is 9.69 Å². The predicted octanol–water partition coefficient (Wildman–Crippen LogP) is 1.63. The minimum absolute atomic E-state index is 0.0555. The first kappa shape index (κ1) is 22.0. The Labute approximate surface area is 173 Å². The van der Waals surface area contributed by atoms with Crippen LogP contribution in [0.5, 0.6) is 5.75 Å². The first-order valence-electron chi connectivity index (χ1n) is 10.1. The van der Waals surface area contributed by atoms with Crippen molar-refractivity contribution >= 4 is 21.6 Å². The number of carbonyl (C=O) groups is 1. The van der Waals surface area contributed by atoms with Gasteiger partial charge >= 0.3 is 0 Å². The number of sulfonamides is 1. The molecule has 162 valence electrons. The molecule has 0 aromatic heterocycles. The SMILES string of the molecule is COc1ccc(NC(=O)CN2C[C@H](C)C[C@H](C)C2)cc1S(=O)(=O)N1CCOCC1. The zero-order valence-electron chi connectivity index (χ0n) is 17.4. The van der Waals surface area contributed by atoms with E-state index in [1.165, 1.54) is 23.9 Å². The van der Waals surface area contributed by atoms with Gasteiger partial charge in [-0.2, -0.15) is 4.31 Å². The van der Waals surface area contributed by atoms with Gasteiger partial charge in [0.25, 0.3) is 0 Å². The van der Waals surface area contributed by atoms with Crippen LogP contribution in [-0.2, 0) is 19.6 Å².